The van der Waals surface area contributed by atoms with Gasteiger partial charge in [0.1, 0.15) is 11.4 Å². The molecule has 1 aromatic heterocycles. The second kappa shape index (κ2) is 6.67. The fraction of sp³-hybridized carbons (Fsp3) is 0.500. The normalized spacial score (nSPS) is 21.9. The van der Waals surface area contributed by atoms with Crippen molar-refractivity contribution in [1.82, 2.24) is 14.6 Å². The number of amides is 1. The molecule has 2 aliphatic heterocycles. The van der Waals surface area contributed by atoms with Gasteiger partial charge in [0.2, 0.25) is 0 Å². The molecule has 0 aliphatic carbocycles. The summed E-state index contributed by atoms with van der Waals surface area (Å²) < 4.78 is 10.8. The zero-order chi connectivity index (χ0) is 18.3. The zero-order valence-electron chi connectivity index (χ0n) is 15.5. The standard InChI is InChI=1S/C20H25N3O2S/c1-13-18(14(2)26-22-13)19(24)21-16-12-20(8-10-23(3)11-9-20)25-17-7-5-4-6-15(16)17/h4-7,16H,8-12H2,1-3H3,(H,21,24). The zero-order valence-corrected chi connectivity index (χ0v) is 16.4. The Kier molecular flexibility index (Phi) is 4.49. The molecule has 0 radical (unpaired) electrons. The Balaban J connectivity index is 1.63. The van der Waals surface area contributed by atoms with Gasteiger partial charge in [-0.05, 0) is 51.3 Å². The minimum Gasteiger partial charge on any atom is -0.487 e. The molecule has 3 heterocycles. The van der Waals surface area contributed by atoms with Crippen LogP contribution in [0.3, 0.4) is 0 Å². The summed E-state index contributed by atoms with van der Waals surface area (Å²) in [5.41, 5.74) is 2.41. The van der Waals surface area contributed by atoms with Crippen molar-refractivity contribution in [3.8, 4) is 5.75 Å². The Morgan fingerprint density at radius 1 is 1.31 bits per heavy atom. The Bertz CT molecular complexity index is 805. The molecule has 1 unspecified atom stereocenters. The van der Waals surface area contributed by atoms with Crippen molar-refractivity contribution in [2.24, 2.45) is 0 Å². The molecule has 0 saturated carbocycles. The minimum atomic E-state index is -0.185. The van der Waals surface area contributed by atoms with Gasteiger partial charge in [0.05, 0.1) is 17.3 Å². The first-order valence-electron chi connectivity index (χ1n) is 9.18. The number of benzene rings is 1. The summed E-state index contributed by atoms with van der Waals surface area (Å²) in [4.78, 5) is 16.3. The number of aryl methyl sites for hydroxylation is 2. The van der Waals surface area contributed by atoms with Crippen LogP contribution < -0.4 is 10.1 Å². The highest BCUT2D eigenvalue weighted by Gasteiger charge is 2.43. The summed E-state index contributed by atoms with van der Waals surface area (Å²) in [7, 11) is 2.15. The van der Waals surface area contributed by atoms with Crippen molar-refractivity contribution in [1.29, 1.82) is 0 Å². The highest BCUT2D eigenvalue weighted by Crippen LogP contribution is 2.44. The maximum absolute atomic E-state index is 13.0. The molecule has 1 N–H and O–H groups in total. The average Bonchev–Trinajstić information content (AvgIpc) is 2.96. The lowest BCUT2D eigenvalue weighted by Crippen LogP contribution is -2.51. The van der Waals surface area contributed by atoms with Gasteiger partial charge in [-0.3, -0.25) is 4.79 Å². The number of piperidine rings is 1. The Hall–Kier alpha value is -1.92. The summed E-state index contributed by atoms with van der Waals surface area (Å²) in [5.74, 6) is 0.879. The van der Waals surface area contributed by atoms with E-state index in [1.54, 1.807) is 0 Å². The molecule has 1 atom stereocenters. The molecule has 1 spiro atoms. The molecule has 1 fully saturated rings. The predicted octanol–water partition coefficient (Wildman–Crippen LogP) is 3.48. The van der Waals surface area contributed by atoms with Gasteiger partial charge in [-0.15, -0.1) is 0 Å². The van der Waals surface area contributed by atoms with Crippen LogP contribution in [0.15, 0.2) is 24.3 Å². The number of carbonyl (C=O) groups is 1. The number of likely N-dealkylation sites (tertiary alicyclic amines) is 1. The number of fused-ring (bicyclic) bond motifs is 1. The highest BCUT2D eigenvalue weighted by atomic mass is 32.1. The fourth-order valence-electron chi connectivity index (χ4n) is 4.12. The van der Waals surface area contributed by atoms with E-state index >= 15 is 0 Å². The second-order valence-corrected chi connectivity index (χ2v) is 8.53. The second-order valence-electron chi connectivity index (χ2n) is 7.56. The molecule has 0 bridgehead atoms. The molecular formula is C20H25N3O2S. The number of carbonyl (C=O) groups excluding carboxylic acids is 1. The first-order valence-corrected chi connectivity index (χ1v) is 9.95. The van der Waals surface area contributed by atoms with Gasteiger partial charge in [0.15, 0.2) is 0 Å². The summed E-state index contributed by atoms with van der Waals surface area (Å²) in [6.45, 7) is 5.90. The van der Waals surface area contributed by atoms with Gasteiger partial charge in [-0.25, -0.2) is 0 Å². The molecule has 26 heavy (non-hydrogen) atoms. The number of rotatable bonds is 2. The maximum atomic E-state index is 13.0. The number of hydrogen-bond donors (Lipinski definition) is 1. The molecule has 1 amide bonds. The minimum absolute atomic E-state index is 0.0291. The third kappa shape index (κ3) is 3.12. The summed E-state index contributed by atoms with van der Waals surface area (Å²) in [6, 6.07) is 8.07. The quantitative estimate of drug-likeness (QED) is 0.878. The van der Waals surface area contributed by atoms with Crippen molar-refractivity contribution >= 4 is 17.4 Å². The number of aromatic nitrogens is 1. The summed E-state index contributed by atoms with van der Waals surface area (Å²) in [5, 5.41) is 3.28. The fourth-order valence-corrected chi connectivity index (χ4v) is 4.81. The van der Waals surface area contributed by atoms with E-state index in [4.69, 9.17) is 4.74 Å². The van der Waals surface area contributed by atoms with Gasteiger partial charge in [-0.1, -0.05) is 18.2 Å². The Morgan fingerprint density at radius 2 is 2.04 bits per heavy atom. The van der Waals surface area contributed by atoms with Crippen molar-refractivity contribution in [2.45, 2.75) is 44.8 Å². The van der Waals surface area contributed by atoms with E-state index in [-0.39, 0.29) is 17.6 Å². The van der Waals surface area contributed by atoms with Crippen LogP contribution in [0.4, 0.5) is 0 Å². The van der Waals surface area contributed by atoms with Gasteiger partial charge in [0, 0.05) is 30.0 Å². The number of para-hydroxylation sites is 1. The Labute approximate surface area is 158 Å². The Morgan fingerprint density at radius 3 is 2.73 bits per heavy atom. The third-order valence-electron chi connectivity index (χ3n) is 5.66. The van der Waals surface area contributed by atoms with Crippen molar-refractivity contribution in [2.75, 3.05) is 20.1 Å². The van der Waals surface area contributed by atoms with Crippen molar-refractivity contribution < 1.29 is 9.53 Å². The maximum Gasteiger partial charge on any atom is 0.254 e. The third-order valence-corrected chi connectivity index (χ3v) is 6.50. The van der Waals surface area contributed by atoms with Crippen LogP contribution in [0.1, 0.15) is 51.8 Å². The molecule has 1 aromatic carbocycles. The van der Waals surface area contributed by atoms with Gasteiger partial charge >= 0.3 is 0 Å². The first kappa shape index (κ1) is 17.5. The SMILES string of the molecule is Cc1nsc(C)c1C(=O)NC1CC2(CCN(C)CC2)Oc2ccccc21. The predicted molar refractivity (Wildman–Crippen MR) is 103 cm³/mol. The average molecular weight is 372 g/mol. The lowest BCUT2D eigenvalue weighted by atomic mass is 9.80. The van der Waals surface area contributed by atoms with Crippen LogP contribution >= 0.6 is 11.5 Å². The van der Waals surface area contributed by atoms with E-state index in [1.165, 1.54) is 11.5 Å². The van der Waals surface area contributed by atoms with Crippen LogP contribution in [0.2, 0.25) is 0 Å². The van der Waals surface area contributed by atoms with Crippen LogP contribution in [-0.4, -0.2) is 40.9 Å². The molecule has 5 nitrogen and oxygen atoms in total. The van der Waals surface area contributed by atoms with E-state index in [2.05, 4.69) is 27.7 Å². The highest BCUT2D eigenvalue weighted by molar-refractivity contribution is 7.06. The lowest BCUT2D eigenvalue weighted by molar-refractivity contribution is -0.0195. The molecule has 2 aliphatic rings. The molecule has 2 aromatic rings. The van der Waals surface area contributed by atoms with E-state index < -0.39 is 0 Å². The monoisotopic (exact) mass is 371 g/mol. The van der Waals surface area contributed by atoms with E-state index in [0.717, 1.165) is 59.8 Å². The van der Waals surface area contributed by atoms with Crippen molar-refractivity contribution in [3.05, 3.63) is 46.0 Å². The first-order chi connectivity index (χ1) is 12.5. The molecule has 138 valence electrons. The van der Waals surface area contributed by atoms with Gasteiger partial charge in [-0.2, -0.15) is 4.37 Å². The number of ether oxygens (including phenoxy) is 1. The van der Waals surface area contributed by atoms with Crippen LogP contribution in [-0.2, 0) is 0 Å². The van der Waals surface area contributed by atoms with Gasteiger partial charge in [0.25, 0.3) is 5.91 Å². The number of nitrogens with one attached hydrogen (secondary N) is 1. The molecular weight excluding hydrogens is 346 g/mol. The van der Waals surface area contributed by atoms with Crippen LogP contribution in [0.5, 0.6) is 5.75 Å². The van der Waals surface area contributed by atoms with Gasteiger partial charge < -0.3 is 15.0 Å². The van der Waals surface area contributed by atoms with Crippen LogP contribution in [0, 0.1) is 13.8 Å². The van der Waals surface area contributed by atoms with Crippen LogP contribution in [0.25, 0.3) is 0 Å². The molecule has 6 heteroatoms. The summed E-state index contributed by atoms with van der Waals surface area (Å²) >= 11 is 1.39. The van der Waals surface area contributed by atoms with Crippen molar-refractivity contribution in [3.63, 3.8) is 0 Å². The topological polar surface area (TPSA) is 54.5 Å². The number of nitrogens with zero attached hydrogens (tertiary/aromatic N) is 2. The van der Waals surface area contributed by atoms with E-state index in [0.29, 0.717) is 0 Å². The smallest absolute Gasteiger partial charge is 0.254 e. The molecule has 1 saturated heterocycles. The van der Waals surface area contributed by atoms with E-state index in [9.17, 15) is 4.79 Å². The number of hydrogen-bond acceptors (Lipinski definition) is 5. The van der Waals surface area contributed by atoms with E-state index in [1.807, 2.05) is 32.0 Å². The molecule has 4 rings (SSSR count). The largest absolute Gasteiger partial charge is 0.487 e. The lowest BCUT2D eigenvalue weighted by Gasteiger charge is -2.46. The summed E-state index contributed by atoms with van der Waals surface area (Å²) in [6.07, 6.45) is 2.80.